The lowest BCUT2D eigenvalue weighted by molar-refractivity contribution is 0.151. The highest BCUT2D eigenvalue weighted by molar-refractivity contribution is 5.68. The van der Waals surface area contributed by atoms with Gasteiger partial charge in [-0.2, -0.15) is 0 Å². The number of aliphatic imine (C=N–C) groups is 2. The smallest absolute Gasteiger partial charge is 0.168 e. The quantitative estimate of drug-likeness (QED) is 0.660. The van der Waals surface area contributed by atoms with E-state index in [2.05, 4.69) is 22.1 Å². The van der Waals surface area contributed by atoms with Crippen molar-refractivity contribution in [2.45, 2.75) is 6.17 Å². The van der Waals surface area contributed by atoms with Gasteiger partial charge in [-0.25, -0.2) is 15.0 Å². The predicted molar refractivity (Wildman–Crippen MR) is 54.7 cm³/mol. The molecule has 2 heterocycles. The molecule has 70 valence electrons. The predicted octanol–water partition coefficient (Wildman–Crippen LogP) is 1.25. The lowest BCUT2D eigenvalue weighted by Gasteiger charge is -2.23. The van der Waals surface area contributed by atoms with Gasteiger partial charge < -0.3 is 0 Å². The third kappa shape index (κ3) is 1.00. The molecule has 0 aliphatic carbocycles. The Labute approximate surface area is 82.2 Å². The van der Waals surface area contributed by atoms with Crippen molar-refractivity contribution in [3.63, 3.8) is 0 Å². The molecule has 0 amide bonds. The summed E-state index contributed by atoms with van der Waals surface area (Å²) in [6.45, 7) is 0.687. The summed E-state index contributed by atoms with van der Waals surface area (Å²) in [6, 6.07) is 10.2. The fourth-order valence-electron chi connectivity index (χ4n) is 1.72. The number of hydrazine groups is 1. The second-order valence-corrected chi connectivity index (χ2v) is 3.31. The Morgan fingerprint density at radius 1 is 1.14 bits per heavy atom. The van der Waals surface area contributed by atoms with Gasteiger partial charge in [-0.05, 0) is 5.56 Å². The summed E-state index contributed by atoms with van der Waals surface area (Å²) in [7, 11) is 0. The molecule has 14 heavy (non-hydrogen) atoms. The van der Waals surface area contributed by atoms with Crippen molar-refractivity contribution >= 4 is 12.7 Å². The molecule has 4 heteroatoms. The van der Waals surface area contributed by atoms with Crippen LogP contribution in [0.2, 0.25) is 0 Å². The zero-order valence-corrected chi connectivity index (χ0v) is 7.61. The number of hydrogen-bond acceptors (Lipinski definition) is 4. The molecule has 3 rings (SSSR count). The first-order valence-corrected chi connectivity index (χ1v) is 4.58. The standard InChI is InChI=1S/C10H10N4/c1-2-4-9(5-3-1)10-12-8-13-6-11-7-14(10)13/h1-5,7-8,10H,6H2. The molecular formula is C10H10N4. The van der Waals surface area contributed by atoms with Crippen LogP contribution >= 0.6 is 0 Å². The number of benzene rings is 1. The second-order valence-electron chi connectivity index (χ2n) is 3.31. The number of rotatable bonds is 1. The first-order valence-electron chi connectivity index (χ1n) is 4.58. The summed E-state index contributed by atoms with van der Waals surface area (Å²) in [6.07, 6.45) is 3.75. The van der Waals surface area contributed by atoms with Crippen LogP contribution in [0.1, 0.15) is 11.7 Å². The van der Waals surface area contributed by atoms with Crippen LogP contribution in [0.25, 0.3) is 0 Å². The molecule has 4 nitrogen and oxygen atoms in total. The van der Waals surface area contributed by atoms with Crippen molar-refractivity contribution in [2.24, 2.45) is 9.98 Å². The van der Waals surface area contributed by atoms with Gasteiger partial charge in [-0.1, -0.05) is 30.3 Å². The van der Waals surface area contributed by atoms with Gasteiger partial charge in [0, 0.05) is 0 Å². The monoisotopic (exact) mass is 186 g/mol. The average molecular weight is 186 g/mol. The van der Waals surface area contributed by atoms with Crippen LogP contribution in [0.5, 0.6) is 0 Å². The van der Waals surface area contributed by atoms with E-state index in [0.717, 1.165) is 0 Å². The maximum absolute atomic E-state index is 4.43. The van der Waals surface area contributed by atoms with Crippen LogP contribution < -0.4 is 0 Å². The average Bonchev–Trinajstić information content (AvgIpc) is 2.79. The van der Waals surface area contributed by atoms with Crippen molar-refractivity contribution in [1.29, 1.82) is 0 Å². The minimum atomic E-state index is 0.0717. The molecule has 0 aromatic heterocycles. The third-order valence-corrected chi connectivity index (χ3v) is 2.41. The Morgan fingerprint density at radius 3 is 2.86 bits per heavy atom. The molecule has 1 aromatic carbocycles. The van der Waals surface area contributed by atoms with Gasteiger partial charge in [0.25, 0.3) is 0 Å². The van der Waals surface area contributed by atoms with E-state index in [1.807, 2.05) is 40.9 Å². The Morgan fingerprint density at radius 2 is 2.00 bits per heavy atom. The van der Waals surface area contributed by atoms with Crippen molar-refractivity contribution < 1.29 is 0 Å². The van der Waals surface area contributed by atoms with E-state index in [1.54, 1.807) is 0 Å². The normalized spacial score (nSPS) is 23.3. The van der Waals surface area contributed by atoms with E-state index in [0.29, 0.717) is 6.67 Å². The van der Waals surface area contributed by atoms with Crippen molar-refractivity contribution in [3.05, 3.63) is 35.9 Å². The van der Waals surface area contributed by atoms with Gasteiger partial charge in [0.2, 0.25) is 0 Å². The Balaban J connectivity index is 1.93. The molecule has 1 atom stereocenters. The maximum atomic E-state index is 4.43. The fourth-order valence-corrected chi connectivity index (χ4v) is 1.72. The fraction of sp³-hybridized carbons (Fsp3) is 0.200. The Bertz CT molecular complexity index is 384. The molecular weight excluding hydrogens is 176 g/mol. The van der Waals surface area contributed by atoms with Gasteiger partial charge >= 0.3 is 0 Å². The number of hydrogen-bond donors (Lipinski definition) is 0. The van der Waals surface area contributed by atoms with Gasteiger partial charge in [-0.15, -0.1) is 0 Å². The first-order chi connectivity index (χ1) is 6.95. The largest absolute Gasteiger partial charge is 0.250 e. The highest BCUT2D eigenvalue weighted by atomic mass is 15.7. The molecule has 2 aliphatic rings. The highest BCUT2D eigenvalue weighted by Crippen LogP contribution is 2.27. The van der Waals surface area contributed by atoms with Crippen molar-refractivity contribution in [3.8, 4) is 0 Å². The first kappa shape index (κ1) is 7.55. The summed E-state index contributed by atoms with van der Waals surface area (Å²) in [4.78, 5) is 8.61. The van der Waals surface area contributed by atoms with Crippen LogP contribution in [0.4, 0.5) is 0 Å². The van der Waals surface area contributed by atoms with Gasteiger partial charge in [0.1, 0.15) is 19.3 Å². The molecule has 0 spiro atoms. The minimum absolute atomic E-state index is 0.0717. The molecule has 1 unspecified atom stereocenters. The summed E-state index contributed by atoms with van der Waals surface area (Å²) < 4.78 is 0. The third-order valence-electron chi connectivity index (χ3n) is 2.41. The highest BCUT2D eigenvalue weighted by Gasteiger charge is 2.29. The van der Waals surface area contributed by atoms with Gasteiger partial charge in [0.15, 0.2) is 6.17 Å². The van der Waals surface area contributed by atoms with E-state index >= 15 is 0 Å². The van der Waals surface area contributed by atoms with Crippen LogP contribution in [0.15, 0.2) is 40.3 Å². The lowest BCUT2D eigenvalue weighted by atomic mass is 10.2. The van der Waals surface area contributed by atoms with E-state index < -0.39 is 0 Å². The van der Waals surface area contributed by atoms with Gasteiger partial charge in [0.05, 0.1) is 0 Å². The van der Waals surface area contributed by atoms with Crippen LogP contribution in [0.3, 0.4) is 0 Å². The molecule has 0 saturated heterocycles. The SMILES string of the molecule is C1=NCN2C=NC(c3ccccc3)N12. The Kier molecular flexibility index (Phi) is 1.53. The zero-order valence-electron chi connectivity index (χ0n) is 7.61. The summed E-state index contributed by atoms with van der Waals surface area (Å²) in [5.74, 6) is 0. The topological polar surface area (TPSA) is 31.2 Å². The molecule has 0 saturated carbocycles. The zero-order chi connectivity index (χ0) is 9.38. The van der Waals surface area contributed by atoms with Gasteiger partial charge in [-0.3, -0.25) is 4.99 Å². The summed E-state index contributed by atoms with van der Waals surface area (Å²) in [5, 5.41) is 4.03. The van der Waals surface area contributed by atoms with E-state index in [1.165, 1.54) is 5.56 Å². The van der Waals surface area contributed by atoms with Crippen molar-refractivity contribution in [2.75, 3.05) is 6.67 Å². The summed E-state index contributed by atoms with van der Waals surface area (Å²) >= 11 is 0. The molecule has 0 fully saturated rings. The number of fused-ring (bicyclic) bond motifs is 1. The molecule has 0 bridgehead atoms. The lowest BCUT2D eigenvalue weighted by Crippen LogP contribution is -2.32. The molecule has 0 radical (unpaired) electrons. The van der Waals surface area contributed by atoms with E-state index in [9.17, 15) is 0 Å². The molecule has 0 N–H and O–H groups in total. The van der Waals surface area contributed by atoms with E-state index in [-0.39, 0.29) is 6.17 Å². The minimum Gasteiger partial charge on any atom is -0.250 e. The molecule has 1 aromatic rings. The van der Waals surface area contributed by atoms with Crippen LogP contribution in [-0.4, -0.2) is 29.4 Å². The Hall–Kier alpha value is -1.84. The second kappa shape index (κ2) is 2.83. The van der Waals surface area contributed by atoms with Crippen molar-refractivity contribution in [1.82, 2.24) is 10.0 Å². The van der Waals surface area contributed by atoms with E-state index in [4.69, 9.17) is 0 Å². The van der Waals surface area contributed by atoms with Crippen LogP contribution in [0, 0.1) is 0 Å². The molecule has 2 aliphatic heterocycles. The summed E-state index contributed by atoms with van der Waals surface area (Å²) in [5.41, 5.74) is 1.19. The maximum Gasteiger partial charge on any atom is 0.168 e. The van der Waals surface area contributed by atoms with Crippen LogP contribution in [-0.2, 0) is 0 Å². The number of nitrogens with zero attached hydrogens (tertiary/aromatic N) is 4.